The minimum absolute atomic E-state index is 0.189. The van der Waals surface area contributed by atoms with Gasteiger partial charge in [0.25, 0.3) is 0 Å². The first-order valence-corrected chi connectivity index (χ1v) is 7.51. The molecule has 1 aromatic carbocycles. The smallest absolute Gasteiger partial charge is 0.354 e. The van der Waals surface area contributed by atoms with E-state index in [0.29, 0.717) is 5.69 Å². The molecule has 0 saturated carbocycles. The maximum absolute atomic E-state index is 11.3. The van der Waals surface area contributed by atoms with E-state index in [-0.39, 0.29) is 17.2 Å². The van der Waals surface area contributed by atoms with E-state index in [9.17, 15) is 13.2 Å². The molecule has 0 spiro atoms. The van der Waals surface area contributed by atoms with E-state index in [2.05, 4.69) is 10.5 Å². The van der Waals surface area contributed by atoms with E-state index in [1.807, 2.05) is 0 Å². The average Bonchev–Trinajstić information content (AvgIpc) is 2.35. The van der Waals surface area contributed by atoms with Gasteiger partial charge in [-0.1, -0.05) is 0 Å². The summed E-state index contributed by atoms with van der Waals surface area (Å²) >= 11 is 0. The summed E-state index contributed by atoms with van der Waals surface area (Å²) in [5.41, 5.74) is 3.42. The average molecular weight is 284 g/mol. The number of hydrazone groups is 1. The molecule has 6 nitrogen and oxygen atoms in total. The molecular formula is C12H16N2O4S. The number of nitrogens with one attached hydrogen (secondary N) is 1. The van der Waals surface area contributed by atoms with Crippen LogP contribution in [0.3, 0.4) is 0 Å². The highest BCUT2D eigenvalue weighted by Gasteiger charge is 2.07. The topological polar surface area (TPSA) is 84.8 Å². The number of carbonyl (C=O) groups is 1. The van der Waals surface area contributed by atoms with E-state index in [1.165, 1.54) is 19.1 Å². The SMILES string of the molecule is CCOC(=O)/C(C)=N/Nc1ccc(S(C)(=O)=O)cc1. The second-order valence-electron chi connectivity index (χ2n) is 3.83. The first-order valence-electron chi connectivity index (χ1n) is 5.62. The fraction of sp³-hybridized carbons (Fsp3) is 0.333. The van der Waals surface area contributed by atoms with Gasteiger partial charge in [-0.2, -0.15) is 5.10 Å². The molecule has 0 saturated heterocycles. The molecule has 0 heterocycles. The molecule has 1 N–H and O–H groups in total. The van der Waals surface area contributed by atoms with Crippen molar-refractivity contribution >= 4 is 27.2 Å². The number of ether oxygens (including phenoxy) is 1. The van der Waals surface area contributed by atoms with Crippen molar-refractivity contribution in [1.29, 1.82) is 0 Å². The summed E-state index contributed by atoms with van der Waals surface area (Å²) < 4.78 is 27.3. The number of sulfone groups is 1. The van der Waals surface area contributed by atoms with Crippen LogP contribution in [-0.4, -0.2) is 33.0 Å². The molecule has 0 aromatic heterocycles. The Morgan fingerprint density at radius 1 is 1.32 bits per heavy atom. The molecule has 0 aliphatic carbocycles. The highest BCUT2D eigenvalue weighted by atomic mass is 32.2. The summed E-state index contributed by atoms with van der Waals surface area (Å²) in [6.45, 7) is 3.52. The Bertz CT molecular complexity index is 576. The molecule has 7 heteroatoms. The largest absolute Gasteiger partial charge is 0.461 e. The monoisotopic (exact) mass is 284 g/mol. The molecule has 104 valence electrons. The minimum atomic E-state index is -3.21. The normalized spacial score (nSPS) is 12.1. The molecule has 0 fully saturated rings. The quantitative estimate of drug-likeness (QED) is 0.502. The summed E-state index contributed by atoms with van der Waals surface area (Å²) in [4.78, 5) is 11.5. The van der Waals surface area contributed by atoms with Crippen LogP contribution < -0.4 is 5.43 Å². The number of hydrogen-bond acceptors (Lipinski definition) is 6. The van der Waals surface area contributed by atoms with Crippen LogP contribution in [0.2, 0.25) is 0 Å². The van der Waals surface area contributed by atoms with Gasteiger partial charge < -0.3 is 4.74 Å². The molecule has 1 rings (SSSR count). The van der Waals surface area contributed by atoms with Crippen LogP contribution in [-0.2, 0) is 19.4 Å². The Kier molecular flexibility index (Phi) is 5.05. The summed E-state index contributed by atoms with van der Waals surface area (Å²) in [5, 5.41) is 3.85. The van der Waals surface area contributed by atoms with Crippen LogP contribution in [0.25, 0.3) is 0 Å². The number of nitrogens with zero attached hydrogens (tertiary/aromatic N) is 1. The second-order valence-corrected chi connectivity index (χ2v) is 5.84. The predicted molar refractivity (Wildman–Crippen MR) is 72.9 cm³/mol. The lowest BCUT2D eigenvalue weighted by Gasteiger charge is -2.04. The summed E-state index contributed by atoms with van der Waals surface area (Å²) in [6, 6.07) is 6.07. The van der Waals surface area contributed by atoms with Crippen LogP contribution in [0.1, 0.15) is 13.8 Å². The number of hydrogen-bond donors (Lipinski definition) is 1. The summed E-state index contributed by atoms with van der Waals surface area (Å²) in [6.07, 6.45) is 1.14. The molecule has 0 aliphatic heterocycles. The van der Waals surface area contributed by atoms with Gasteiger partial charge in [0, 0.05) is 6.26 Å². The molecule has 0 amide bonds. The van der Waals surface area contributed by atoms with Crippen molar-refractivity contribution in [2.24, 2.45) is 5.10 Å². The van der Waals surface area contributed by atoms with Gasteiger partial charge in [-0.3, -0.25) is 5.43 Å². The molecule has 0 radical (unpaired) electrons. The fourth-order valence-corrected chi connectivity index (χ4v) is 1.84. The number of rotatable bonds is 5. The lowest BCUT2D eigenvalue weighted by molar-refractivity contribution is -0.135. The van der Waals surface area contributed by atoms with Crippen LogP contribution in [0.5, 0.6) is 0 Å². The van der Waals surface area contributed by atoms with E-state index >= 15 is 0 Å². The third kappa shape index (κ3) is 4.70. The third-order valence-electron chi connectivity index (χ3n) is 2.21. The van der Waals surface area contributed by atoms with E-state index in [0.717, 1.165) is 6.26 Å². The van der Waals surface area contributed by atoms with Gasteiger partial charge in [0.1, 0.15) is 5.71 Å². The van der Waals surface area contributed by atoms with Crippen molar-refractivity contribution in [3.8, 4) is 0 Å². The zero-order valence-electron chi connectivity index (χ0n) is 11.0. The highest BCUT2D eigenvalue weighted by Crippen LogP contribution is 2.13. The maximum Gasteiger partial charge on any atom is 0.354 e. The van der Waals surface area contributed by atoms with Gasteiger partial charge in [-0.15, -0.1) is 0 Å². The molecule has 1 aromatic rings. The first-order chi connectivity index (χ1) is 8.84. The van der Waals surface area contributed by atoms with E-state index in [1.54, 1.807) is 19.1 Å². The predicted octanol–water partition coefficient (Wildman–Crippen LogP) is 1.44. The van der Waals surface area contributed by atoms with Crippen LogP contribution in [0, 0.1) is 0 Å². The molecule has 0 unspecified atom stereocenters. The lowest BCUT2D eigenvalue weighted by atomic mass is 10.3. The van der Waals surface area contributed by atoms with Crippen molar-refractivity contribution in [3.63, 3.8) is 0 Å². The molecule has 0 aliphatic rings. The van der Waals surface area contributed by atoms with Gasteiger partial charge in [0.15, 0.2) is 9.84 Å². The molecule has 0 atom stereocenters. The van der Waals surface area contributed by atoms with Gasteiger partial charge in [-0.05, 0) is 38.1 Å². The van der Waals surface area contributed by atoms with Crippen molar-refractivity contribution in [2.75, 3.05) is 18.3 Å². The summed E-state index contributed by atoms with van der Waals surface area (Å²) in [5.74, 6) is -0.497. The highest BCUT2D eigenvalue weighted by molar-refractivity contribution is 7.90. The van der Waals surface area contributed by atoms with Gasteiger partial charge in [0.2, 0.25) is 0 Å². The fourth-order valence-electron chi connectivity index (χ4n) is 1.21. The van der Waals surface area contributed by atoms with Crippen LogP contribution in [0.15, 0.2) is 34.3 Å². The Labute approximate surface area is 112 Å². The summed E-state index contributed by atoms with van der Waals surface area (Å²) in [7, 11) is -3.21. The van der Waals surface area contributed by atoms with Crippen molar-refractivity contribution in [1.82, 2.24) is 0 Å². The van der Waals surface area contributed by atoms with Crippen molar-refractivity contribution in [2.45, 2.75) is 18.7 Å². The second kappa shape index (κ2) is 6.33. The first kappa shape index (κ1) is 15.2. The number of esters is 1. The zero-order valence-corrected chi connectivity index (χ0v) is 11.8. The minimum Gasteiger partial charge on any atom is -0.461 e. The molecule has 19 heavy (non-hydrogen) atoms. The molecular weight excluding hydrogens is 268 g/mol. The maximum atomic E-state index is 11.3. The van der Waals surface area contributed by atoms with E-state index in [4.69, 9.17) is 4.74 Å². The molecule has 0 bridgehead atoms. The third-order valence-corrected chi connectivity index (χ3v) is 3.33. The van der Waals surface area contributed by atoms with Crippen molar-refractivity contribution < 1.29 is 17.9 Å². The lowest BCUT2D eigenvalue weighted by Crippen LogP contribution is -2.15. The van der Waals surface area contributed by atoms with Crippen molar-refractivity contribution in [3.05, 3.63) is 24.3 Å². The number of carbonyl (C=O) groups excluding carboxylic acids is 1. The van der Waals surface area contributed by atoms with Crippen LogP contribution >= 0.6 is 0 Å². The van der Waals surface area contributed by atoms with Gasteiger partial charge >= 0.3 is 5.97 Å². The Morgan fingerprint density at radius 2 is 1.89 bits per heavy atom. The Balaban J connectivity index is 2.74. The number of anilines is 1. The Morgan fingerprint density at radius 3 is 2.37 bits per heavy atom. The number of benzene rings is 1. The standard InChI is InChI=1S/C12H16N2O4S/c1-4-18-12(15)9(2)13-14-10-5-7-11(8-6-10)19(3,16)17/h5-8,14H,4H2,1-3H3/b13-9+. The van der Waals surface area contributed by atoms with Gasteiger partial charge in [0.05, 0.1) is 17.2 Å². The Hall–Kier alpha value is -1.89. The zero-order chi connectivity index (χ0) is 14.5. The van der Waals surface area contributed by atoms with E-state index < -0.39 is 15.8 Å². The van der Waals surface area contributed by atoms with Gasteiger partial charge in [-0.25, -0.2) is 13.2 Å². The van der Waals surface area contributed by atoms with Crippen LogP contribution in [0.4, 0.5) is 5.69 Å².